The van der Waals surface area contributed by atoms with E-state index in [1.165, 1.54) is 15.8 Å². The summed E-state index contributed by atoms with van der Waals surface area (Å²) < 4.78 is 6.37. The molecule has 0 aliphatic rings. The lowest BCUT2D eigenvalue weighted by molar-refractivity contribution is 0.373. The topological polar surface area (TPSA) is 42.4 Å². The first-order valence-corrected chi connectivity index (χ1v) is 8.87. The molecule has 0 amide bonds. The van der Waals surface area contributed by atoms with Gasteiger partial charge in [-0.1, -0.05) is 25.5 Å². The summed E-state index contributed by atoms with van der Waals surface area (Å²) in [5, 5.41) is 10.6. The number of phenolic OH excluding ortho intramolecular Hbond substituents is 1. The Morgan fingerprint density at radius 1 is 1.21 bits per heavy atom. The molecular formula is C20H21NO2S. The van der Waals surface area contributed by atoms with Gasteiger partial charge in [-0.15, -0.1) is 11.3 Å². The van der Waals surface area contributed by atoms with E-state index in [1.807, 2.05) is 24.3 Å². The fourth-order valence-electron chi connectivity index (χ4n) is 2.71. The Balaban J connectivity index is 1.89. The van der Waals surface area contributed by atoms with Crippen LogP contribution in [0.4, 0.5) is 0 Å². The number of thiazole rings is 1. The van der Waals surface area contributed by atoms with Crippen LogP contribution in [0, 0.1) is 6.92 Å². The number of aryl methyl sites for hydroxylation is 2. The number of nitrogens with zero attached hydrogens (tertiary/aromatic N) is 1. The van der Waals surface area contributed by atoms with Crippen molar-refractivity contribution in [2.75, 3.05) is 7.11 Å². The number of methoxy groups -OCH3 is 1. The predicted octanol–water partition coefficient (Wildman–Crippen LogP) is 5.44. The minimum absolute atomic E-state index is 0.147. The second kappa shape index (κ2) is 7.05. The van der Waals surface area contributed by atoms with Crippen LogP contribution in [-0.4, -0.2) is 17.2 Å². The second-order valence-corrected chi connectivity index (χ2v) is 6.88. The SMILES string of the molecule is CCCc1cc2sc(/C=C/c3ccc(O)c(OC)c3)nc2cc1C. The lowest BCUT2D eigenvalue weighted by Gasteiger charge is -2.03. The molecule has 0 saturated heterocycles. The van der Waals surface area contributed by atoms with Gasteiger partial charge in [0.15, 0.2) is 11.5 Å². The Morgan fingerprint density at radius 3 is 2.79 bits per heavy atom. The molecule has 0 unspecified atom stereocenters. The van der Waals surface area contributed by atoms with E-state index < -0.39 is 0 Å². The van der Waals surface area contributed by atoms with Crippen LogP contribution in [0.2, 0.25) is 0 Å². The molecule has 1 N–H and O–H groups in total. The van der Waals surface area contributed by atoms with Crippen molar-refractivity contribution in [1.29, 1.82) is 0 Å². The maximum Gasteiger partial charge on any atom is 0.161 e. The van der Waals surface area contributed by atoms with Crippen LogP contribution in [0.5, 0.6) is 11.5 Å². The fraction of sp³-hybridized carbons (Fsp3) is 0.250. The van der Waals surface area contributed by atoms with Gasteiger partial charge in [-0.2, -0.15) is 0 Å². The summed E-state index contributed by atoms with van der Waals surface area (Å²) in [6, 6.07) is 9.75. The van der Waals surface area contributed by atoms with Crippen LogP contribution in [0.25, 0.3) is 22.4 Å². The lowest BCUT2D eigenvalue weighted by atomic mass is 10.0. The summed E-state index contributed by atoms with van der Waals surface area (Å²) in [6.07, 6.45) is 6.25. The van der Waals surface area contributed by atoms with Crippen molar-refractivity contribution >= 4 is 33.7 Å². The minimum Gasteiger partial charge on any atom is -0.504 e. The van der Waals surface area contributed by atoms with E-state index in [0.29, 0.717) is 5.75 Å². The molecule has 1 heterocycles. The van der Waals surface area contributed by atoms with E-state index in [0.717, 1.165) is 28.9 Å². The van der Waals surface area contributed by atoms with Gasteiger partial charge < -0.3 is 9.84 Å². The van der Waals surface area contributed by atoms with Crippen molar-refractivity contribution in [2.24, 2.45) is 0 Å². The number of hydrogen-bond acceptors (Lipinski definition) is 4. The number of phenols is 1. The monoisotopic (exact) mass is 339 g/mol. The first-order chi connectivity index (χ1) is 11.6. The highest BCUT2D eigenvalue weighted by molar-refractivity contribution is 7.19. The molecule has 0 radical (unpaired) electrons. The Morgan fingerprint density at radius 2 is 2.04 bits per heavy atom. The van der Waals surface area contributed by atoms with Crippen LogP contribution in [0.15, 0.2) is 30.3 Å². The molecule has 0 atom stereocenters. The van der Waals surface area contributed by atoms with Gasteiger partial charge in [-0.25, -0.2) is 4.98 Å². The smallest absolute Gasteiger partial charge is 0.161 e. The van der Waals surface area contributed by atoms with Gasteiger partial charge in [-0.3, -0.25) is 0 Å². The van der Waals surface area contributed by atoms with Gasteiger partial charge in [0.05, 0.1) is 17.3 Å². The highest BCUT2D eigenvalue weighted by atomic mass is 32.1. The third-order valence-corrected chi connectivity index (χ3v) is 4.99. The average Bonchev–Trinajstić information content (AvgIpc) is 2.96. The Bertz CT molecular complexity index is 896. The van der Waals surface area contributed by atoms with E-state index in [1.54, 1.807) is 24.5 Å². The number of aromatic hydroxyl groups is 1. The van der Waals surface area contributed by atoms with Gasteiger partial charge in [0.25, 0.3) is 0 Å². The maximum atomic E-state index is 9.65. The molecule has 2 aromatic carbocycles. The molecule has 0 saturated carbocycles. The highest BCUT2D eigenvalue weighted by Gasteiger charge is 2.06. The number of rotatable bonds is 5. The quantitative estimate of drug-likeness (QED) is 0.673. The van der Waals surface area contributed by atoms with E-state index in [-0.39, 0.29) is 5.75 Å². The first-order valence-electron chi connectivity index (χ1n) is 8.06. The zero-order valence-electron chi connectivity index (χ0n) is 14.2. The number of hydrogen-bond donors (Lipinski definition) is 1. The number of benzene rings is 2. The van der Waals surface area contributed by atoms with Gasteiger partial charge >= 0.3 is 0 Å². The van der Waals surface area contributed by atoms with E-state index in [4.69, 9.17) is 9.72 Å². The van der Waals surface area contributed by atoms with Crippen LogP contribution >= 0.6 is 11.3 Å². The number of aromatic nitrogens is 1. The van der Waals surface area contributed by atoms with E-state index in [9.17, 15) is 5.11 Å². The summed E-state index contributed by atoms with van der Waals surface area (Å²) in [4.78, 5) is 4.70. The van der Waals surface area contributed by atoms with Crippen molar-refractivity contribution in [2.45, 2.75) is 26.7 Å². The molecular weight excluding hydrogens is 318 g/mol. The third kappa shape index (κ3) is 3.44. The first kappa shape index (κ1) is 16.5. The maximum absolute atomic E-state index is 9.65. The summed E-state index contributed by atoms with van der Waals surface area (Å²) >= 11 is 1.70. The van der Waals surface area contributed by atoms with Crippen molar-refractivity contribution < 1.29 is 9.84 Å². The molecule has 0 bridgehead atoms. The van der Waals surface area contributed by atoms with Gasteiger partial charge in [0.2, 0.25) is 0 Å². The van der Waals surface area contributed by atoms with Crippen molar-refractivity contribution in [3.63, 3.8) is 0 Å². The molecule has 3 rings (SSSR count). The fourth-order valence-corrected chi connectivity index (χ4v) is 3.63. The molecule has 0 aliphatic carbocycles. The molecule has 124 valence electrons. The van der Waals surface area contributed by atoms with Crippen LogP contribution in [-0.2, 0) is 6.42 Å². The largest absolute Gasteiger partial charge is 0.504 e. The van der Waals surface area contributed by atoms with Crippen molar-refractivity contribution in [3.05, 3.63) is 52.0 Å². The molecule has 24 heavy (non-hydrogen) atoms. The van der Waals surface area contributed by atoms with Crippen LogP contribution < -0.4 is 4.74 Å². The summed E-state index contributed by atoms with van der Waals surface area (Å²) in [5.74, 6) is 0.620. The Labute approximate surface area is 146 Å². The highest BCUT2D eigenvalue weighted by Crippen LogP contribution is 2.29. The molecule has 1 aromatic heterocycles. The van der Waals surface area contributed by atoms with Crippen LogP contribution in [0.1, 0.15) is 35.0 Å². The van der Waals surface area contributed by atoms with Gasteiger partial charge in [0.1, 0.15) is 5.01 Å². The van der Waals surface area contributed by atoms with Gasteiger partial charge in [0, 0.05) is 0 Å². The normalized spacial score (nSPS) is 11.5. The lowest BCUT2D eigenvalue weighted by Crippen LogP contribution is -1.87. The second-order valence-electron chi connectivity index (χ2n) is 5.81. The number of ether oxygens (including phenoxy) is 1. The molecule has 0 fully saturated rings. The summed E-state index contributed by atoms with van der Waals surface area (Å²) in [7, 11) is 1.55. The van der Waals surface area contributed by atoms with E-state index >= 15 is 0 Å². The van der Waals surface area contributed by atoms with Gasteiger partial charge in [-0.05, 0) is 60.4 Å². The zero-order valence-corrected chi connectivity index (χ0v) is 15.0. The molecule has 3 aromatic rings. The minimum atomic E-state index is 0.147. The van der Waals surface area contributed by atoms with Crippen molar-refractivity contribution in [3.8, 4) is 11.5 Å². The Kier molecular flexibility index (Phi) is 4.86. The summed E-state index contributed by atoms with van der Waals surface area (Å²) in [5.41, 5.74) is 4.74. The van der Waals surface area contributed by atoms with Crippen LogP contribution in [0.3, 0.4) is 0 Å². The zero-order chi connectivity index (χ0) is 17.1. The number of fused-ring (bicyclic) bond motifs is 1. The Hall–Kier alpha value is -2.33. The average molecular weight is 339 g/mol. The molecule has 0 spiro atoms. The predicted molar refractivity (Wildman–Crippen MR) is 102 cm³/mol. The summed E-state index contributed by atoms with van der Waals surface area (Å²) in [6.45, 7) is 4.36. The molecule has 3 nitrogen and oxygen atoms in total. The molecule has 4 heteroatoms. The third-order valence-electron chi connectivity index (χ3n) is 4.00. The standard InChI is InChI=1S/C20H21NO2S/c1-4-5-15-12-19-16(10-13(15)2)21-20(24-19)9-7-14-6-8-17(22)18(11-14)23-3/h6-12,22H,4-5H2,1-3H3/b9-7+. The van der Waals surface area contributed by atoms with E-state index in [2.05, 4.69) is 26.0 Å². The van der Waals surface area contributed by atoms with Crippen molar-refractivity contribution in [1.82, 2.24) is 4.98 Å². The molecule has 0 aliphatic heterocycles.